The third-order valence-electron chi connectivity index (χ3n) is 3.05. The van der Waals surface area contributed by atoms with E-state index in [1.165, 1.54) is 11.1 Å². The maximum absolute atomic E-state index is 5.69. The van der Waals surface area contributed by atoms with E-state index < -0.39 is 0 Å². The molecule has 0 bridgehead atoms. The van der Waals surface area contributed by atoms with Gasteiger partial charge in [0.25, 0.3) is 0 Å². The number of rotatable bonds is 5. The van der Waals surface area contributed by atoms with Gasteiger partial charge in [-0.3, -0.25) is 0 Å². The van der Waals surface area contributed by atoms with Crippen molar-refractivity contribution in [2.24, 2.45) is 0 Å². The summed E-state index contributed by atoms with van der Waals surface area (Å²) in [4.78, 5) is 0. The number of benzene rings is 2. The Balaban J connectivity index is 1.83. The molecule has 2 aromatic rings. The summed E-state index contributed by atoms with van der Waals surface area (Å²) in [6, 6.07) is 18.8. The summed E-state index contributed by atoms with van der Waals surface area (Å²) in [5, 5.41) is 0. The van der Waals surface area contributed by atoms with Crippen LogP contribution in [-0.4, -0.2) is 6.61 Å². The second-order valence-corrected chi connectivity index (χ2v) is 4.81. The third kappa shape index (κ3) is 3.63. The van der Waals surface area contributed by atoms with Crippen LogP contribution in [-0.2, 0) is 6.42 Å². The Morgan fingerprint density at radius 2 is 1.56 bits per heavy atom. The molecule has 0 fully saturated rings. The third-order valence-corrected chi connectivity index (χ3v) is 3.05. The smallest absolute Gasteiger partial charge is 0.119 e. The molecule has 2 aromatic carbocycles. The second kappa shape index (κ2) is 6.25. The average Bonchev–Trinajstić information content (AvgIpc) is 2.40. The number of ether oxygens (including phenoxy) is 1. The van der Waals surface area contributed by atoms with Crippen molar-refractivity contribution in [3.8, 4) is 5.75 Å². The van der Waals surface area contributed by atoms with Crippen LogP contribution >= 0.6 is 0 Å². The van der Waals surface area contributed by atoms with Gasteiger partial charge in [0.15, 0.2) is 0 Å². The maximum Gasteiger partial charge on any atom is 0.119 e. The predicted molar refractivity (Wildman–Crippen MR) is 76.2 cm³/mol. The van der Waals surface area contributed by atoms with E-state index in [-0.39, 0.29) is 0 Å². The molecule has 0 atom stereocenters. The van der Waals surface area contributed by atoms with E-state index in [1.807, 2.05) is 30.3 Å². The first-order valence-corrected chi connectivity index (χ1v) is 6.52. The van der Waals surface area contributed by atoms with Crippen molar-refractivity contribution in [3.63, 3.8) is 0 Å². The summed E-state index contributed by atoms with van der Waals surface area (Å²) in [6.07, 6.45) is 0.952. The summed E-state index contributed by atoms with van der Waals surface area (Å²) < 4.78 is 5.69. The van der Waals surface area contributed by atoms with Crippen molar-refractivity contribution in [1.82, 2.24) is 0 Å². The van der Waals surface area contributed by atoms with Gasteiger partial charge < -0.3 is 4.74 Å². The van der Waals surface area contributed by atoms with Crippen LogP contribution in [0.4, 0.5) is 0 Å². The zero-order valence-electron chi connectivity index (χ0n) is 11.1. The summed E-state index contributed by atoms with van der Waals surface area (Å²) in [7, 11) is 0. The van der Waals surface area contributed by atoms with Crippen LogP contribution in [0.2, 0.25) is 0 Å². The van der Waals surface area contributed by atoms with E-state index >= 15 is 0 Å². The molecule has 0 unspecified atom stereocenters. The van der Waals surface area contributed by atoms with Crippen LogP contribution in [0.15, 0.2) is 54.6 Å². The van der Waals surface area contributed by atoms with Crippen molar-refractivity contribution in [1.29, 1.82) is 0 Å². The van der Waals surface area contributed by atoms with Crippen LogP contribution in [0.25, 0.3) is 0 Å². The molecule has 2 rings (SSSR count). The molecule has 0 saturated carbocycles. The van der Waals surface area contributed by atoms with Gasteiger partial charge in [0.2, 0.25) is 0 Å². The molecule has 0 N–H and O–H groups in total. The Morgan fingerprint density at radius 1 is 0.889 bits per heavy atom. The molecule has 0 heterocycles. The van der Waals surface area contributed by atoms with Crippen molar-refractivity contribution in [2.45, 2.75) is 26.2 Å². The van der Waals surface area contributed by atoms with Crippen molar-refractivity contribution in [3.05, 3.63) is 65.7 Å². The topological polar surface area (TPSA) is 9.23 Å². The zero-order valence-corrected chi connectivity index (χ0v) is 11.1. The van der Waals surface area contributed by atoms with Gasteiger partial charge in [-0.15, -0.1) is 0 Å². The SMILES string of the molecule is CC(C)c1ccc(CCOc2ccccc2)cc1. The highest BCUT2D eigenvalue weighted by Crippen LogP contribution is 2.15. The standard InChI is InChI=1S/C17H20O/c1-14(2)16-10-8-15(9-11-16)12-13-18-17-6-4-3-5-7-17/h3-11,14H,12-13H2,1-2H3. The van der Waals surface area contributed by atoms with Crippen LogP contribution in [0, 0.1) is 0 Å². The first-order valence-electron chi connectivity index (χ1n) is 6.52. The van der Waals surface area contributed by atoms with E-state index in [1.54, 1.807) is 0 Å². The molecule has 94 valence electrons. The Morgan fingerprint density at radius 3 is 2.17 bits per heavy atom. The van der Waals surface area contributed by atoms with Gasteiger partial charge in [0.1, 0.15) is 5.75 Å². The van der Waals surface area contributed by atoms with E-state index in [9.17, 15) is 0 Å². The van der Waals surface area contributed by atoms with Crippen molar-refractivity contribution in [2.75, 3.05) is 6.61 Å². The highest BCUT2D eigenvalue weighted by atomic mass is 16.5. The molecule has 0 aromatic heterocycles. The lowest BCUT2D eigenvalue weighted by molar-refractivity contribution is 0.322. The highest BCUT2D eigenvalue weighted by molar-refractivity contribution is 5.25. The Hall–Kier alpha value is -1.76. The Bertz CT molecular complexity index is 457. The zero-order chi connectivity index (χ0) is 12.8. The summed E-state index contributed by atoms with van der Waals surface area (Å²) in [5.41, 5.74) is 2.72. The fourth-order valence-corrected chi connectivity index (χ4v) is 1.87. The van der Waals surface area contributed by atoms with E-state index in [0.717, 1.165) is 18.8 Å². The van der Waals surface area contributed by atoms with Gasteiger partial charge >= 0.3 is 0 Å². The minimum absolute atomic E-state index is 0.597. The minimum atomic E-state index is 0.597. The number of hydrogen-bond acceptors (Lipinski definition) is 1. The molecule has 1 heteroatoms. The molecular formula is C17H20O. The lowest BCUT2D eigenvalue weighted by atomic mass is 10.0. The van der Waals surface area contributed by atoms with Gasteiger partial charge in [-0.1, -0.05) is 56.3 Å². The maximum atomic E-state index is 5.69. The van der Waals surface area contributed by atoms with Gasteiger partial charge in [0.05, 0.1) is 6.61 Å². The van der Waals surface area contributed by atoms with Gasteiger partial charge in [-0.2, -0.15) is 0 Å². The van der Waals surface area contributed by atoms with Crippen molar-refractivity contribution < 1.29 is 4.74 Å². The fraction of sp³-hybridized carbons (Fsp3) is 0.294. The van der Waals surface area contributed by atoms with E-state index in [2.05, 4.69) is 38.1 Å². The van der Waals surface area contributed by atoms with Crippen molar-refractivity contribution >= 4 is 0 Å². The second-order valence-electron chi connectivity index (χ2n) is 4.81. The molecular weight excluding hydrogens is 220 g/mol. The largest absolute Gasteiger partial charge is 0.493 e. The quantitative estimate of drug-likeness (QED) is 0.751. The average molecular weight is 240 g/mol. The molecule has 0 aliphatic rings. The highest BCUT2D eigenvalue weighted by Gasteiger charge is 1.99. The van der Waals surface area contributed by atoms with Gasteiger partial charge in [-0.05, 0) is 29.2 Å². The molecule has 18 heavy (non-hydrogen) atoms. The lowest BCUT2D eigenvalue weighted by Crippen LogP contribution is -2.01. The molecule has 0 saturated heterocycles. The Kier molecular flexibility index (Phi) is 4.40. The fourth-order valence-electron chi connectivity index (χ4n) is 1.87. The monoisotopic (exact) mass is 240 g/mol. The summed E-state index contributed by atoms with van der Waals surface area (Å²) >= 11 is 0. The van der Waals surface area contributed by atoms with E-state index in [4.69, 9.17) is 4.74 Å². The van der Waals surface area contributed by atoms with Crippen LogP contribution in [0.3, 0.4) is 0 Å². The first-order chi connectivity index (χ1) is 8.75. The molecule has 0 amide bonds. The molecule has 0 aliphatic carbocycles. The summed E-state index contributed by atoms with van der Waals surface area (Å²) in [5.74, 6) is 1.54. The first kappa shape index (κ1) is 12.7. The van der Waals surface area contributed by atoms with E-state index in [0.29, 0.717) is 5.92 Å². The molecule has 1 nitrogen and oxygen atoms in total. The lowest BCUT2D eigenvalue weighted by Gasteiger charge is -2.08. The minimum Gasteiger partial charge on any atom is -0.493 e. The normalized spacial score (nSPS) is 10.6. The van der Waals surface area contributed by atoms with Crippen LogP contribution in [0.1, 0.15) is 30.9 Å². The van der Waals surface area contributed by atoms with Crippen LogP contribution in [0.5, 0.6) is 5.75 Å². The predicted octanol–water partition coefficient (Wildman–Crippen LogP) is 4.43. The Labute approximate surface area is 109 Å². The molecule has 0 aliphatic heterocycles. The number of hydrogen-bond donors (Lipinski definition) is 0. The number of para-hydroxylation sites is 1. The van der Waals surface area contributed by atoms with Crippen LogP contribution < -0.4 is 4.74 Å². The van der Waals surface area contributed by atoms with Gasteiger partial charge in [-0.25, -0.2) is 0 Å². The van der Waals surface area contributed by atoms with Gasteiger partial charge in [0, 0.05) is 6.42 Å². The summed E-state index contributed by atoms with van der Waals surface area (Å²) in [6.45, 7) is 5.16. The molecule has 0 spiro atoms. The molecule has 0 radical (unpaired) electrons.